The van der Waals surface area contributed by atoms with Crippen LogP contribution in [-0.2, 0) is 14.3 Å². The maximum absolute atomic E-state index is 13.6. The van der Waals surface area contributed by atoms with Gasteiger partial charge >= 0.3 is 12.2 Å². The highest BCUT2D eigenvalue weighted by atomic mass is 16.6. The van der Waals surface area contributed by atoms with E-state index in [4.69, 9.17) is 19.5 Å². The number of nitrogens with zero attached hydrogens (tertiary/aromatic N) is 4. The van der Waals surface area contributed by atoms with Crippen molar-refractivity contribution in [3.8, 4) is 11.1 Å². The molecule has 0 spiro atoms. The third-order valence-electron chi connectivity index (χ3n) is 11.6. The fraction of sp³-hybridized carbons (Fsp3) is 0.465. The van der Waals surface area contributed by atoms with E-state index in [1.54, 1.807) is 0 Å². The number of aromatic amines is 1. The number of methoxy groups -OCH3 is 1. The van der Waals surface area contributed by atoms with Gasteiger partial charge in [0, 0.05) is 36.3 Å². The van der Waals surface area contributed by atoms with Crippen LogP contribution in [-0.4, -0.2) is 81.0 Å². The average Bonchev–Trinajstić information content (AvgIpc) is 3.99. The number of allylic oxidation sites excluding steroid dienone is 1. The number of ether oxygens (including phenoxy) is 2. The number of rotatable bonds is 7. The molecule has 3 aliphatic heterocycles. The first-order valence-corrected chi connectivity index (χ1v) is 19.3. The molecule has 8 rings (SSSR count). The zero-order valence-corrected chi connectivity index (χ0v) is 32.0. The van der Waals surface area contributed by atoms with Crippen molar-refractivity contribution < 1.29 is 23.9 Å². The number of aromatic nitrogens is 2. The summed E-state index contributed by atoms with van der Waals surface area (Å²) in [7, 11) is 1.31. The van der Waals surface area contributed by atoms with E-state index in [1.165, 1.54) is 7.11 Å². The van der Waals surface area contributed by atoms with E-state index in [9.17, 15) is 14.4 Å². The van der Waals surface area contributed by atoms with Crippen LogP contribution in [0.1, 0.15) is 90.6 Å². The summed E-state index contributed by atoms with van der Waals surface area (Å²) in [5, 5.41) is 4.90. The summed E-state index contributed by atoms with van der Waals surface area (Å²) in [5.41, 5.74) is 6.78. The Labute approximate surface area is 316 Å². The molecular formula is C43H50N6O5. The van der Waals surface area contributed by atoms with Crippen LogP contribution < -0.4 is 5.32 Å². The van der Waals surface area contributed by atoms with Gasteiger partial charge in [-0.1, -0.05) is 56.3 Å². The van der Waals surface area contributed by atoms with Crippen molar-refractivity contribution in [2.45, 2.75) is 103 Å². The van der Waals surface area contributed by atoms with Crippen LogP contribution in [0.15, 0.2) is 65.8 Å². The van der Waals surface area contributed by atoms with Crippen LogP contribution in [0.5, 0.6) is 0 Å². The highest BCUT2D eigenvalue weighted by Crippen LogP contribution is 2.50. The predicted octanol–water partition coefficient (Wildman–Crippen LogP) is 8.40. The van der Waals surface area contributed by atoms with Gasteiger partial charge in [0.15, 0.2) is 0 Å². The van der Waals surface area contributed by atoms with Gasteiger partial charge in [-0.15, -0.1) is 0 Å². The summed E-state index contributed by atoms with van der Waals surface area (Å²) >= 11 is 0. The third kappa shape index (κ3) is 6.62. The topological polar surface area (TPSA) is 129 Å². The number of H-pyrrole nitrogens is 1. The molecule has 1 aromatic heterocycles. The van der Waals surface area contributed by atoms with Crippen molar-refractivity contribution in [3.05, 3.63) is 72.2 Å². The number of imidazole rings is 1. The molecule has 3 amide bonds. The Morgan fingerprint density at radius 2 is 1.72 bits per heavy atom. The minimum absolute atomic E-state index is 0.0762. The number of fused-ring (bicyclic) bond motifs is 5. The highest BCUT2D eigenvalue weighted by molar-refractivity contribution is 6.06. The summed E-state index contributed by atoms with van der Waals surface area (Å²) in [4.78, 5) is 56.2. The molecule has 4 aromatic rings. The summed E-state index contributed by atoms with van der Waals surface area (Å²) in [6, 6.07) is 18.7. The van der Waals surface area contributed by atoms with E-state index in [0.717, 1.165) is 87.7 Å². The van der Waals surface area contributed by atoms with Crippen molar-refractivity contribution >= 4 is 51.2 Å². The molecule has 2 saturated heterocycles. The Morgan fingerprint density at radius 1 is 0.963 bits per heavy atom. The van der Waals surface area contributed by atoms with E-state index in [2.05, 4.69) is 64.9 Å². The van der Waals surface area contributed by atoms with Gasteiger partial charge in [0.05, 0.1) is 30.2 Å². The number of carbonyl (C=O) groups excluding carboxylic acids is 3. The molecule has 4 aliphatic rings. The lowest BCUT2D eigenvalue weighted by Crippen LogP contribution is -2.53. The predicted molar refractivity (Wildman–Crippen MR) is 210 cm³/mol. The molecule has 0 unspecified atom stereocenters. The molecule has 11 nitrogen and oxygen atoms in total. The molecule has 2 bridgehead atoms. The van der Waals surface area contributed by atoms with Gasteiger partial charge in [0.25, 0.3) is 0 Å². The van der Waals surface area contributed by atoms with E-state index in [-0.39, 0.29) is 36.0 Å². The maximum atomic E-state index is 13.6. The Kier molecular flexibility index (Phi) is 9.22. The van der Waals surface area contributed by atoms with Crippen molar-refractivity contribution in [1.82, 2.24) is 25.1 Å². The van der Waals surface area contributed by atoms with Gasteiger partial charge in [-0.3, -0.25) is 14.7 Å². The normalized spacial score (nSPS) is 22.9. The van der Waals surface area contributed by atoms with Gasteiger partial charge in [0.1, 0.15) is 17.5 Å². The van der Waals surface area contributed by atoms with Gasteiger partial charge in [-0.2, -0.15) is 0 Å². The number of alkyl carbamates (subject to hydrolysis) is 1. The second-order valence-electron chi connectivity index (χ2n) is 16.7. The highest BCUT2D eigenvalue weighted by Gasteiger charge is 2.51. The van der Waals surface area contributed by atoms with Crippen molar-refractivity contribution in [3.63, 3.8) is 0 Å². The second kappa shape index (κ2) is 13.9. The van der Waals surface area contributed by atoms with Crippen LogP contribution in [0, 0.1) is 11.8 Å². The standard InChI is InChI=1S/C43H50N6O5/c1-24(2)36(47-41(51)53-6)40(50)48-19-7-8-35(48)34-22-30(23-44-34)26-11-9-25(10-12-26)27-14-17-32-28(20-27)15-18-33-37(32)46-39(45-33)38-29-13-16-31(21-29)49(38)42(52)54-43(3,4)5/h9-12,14-15,17-18,20,23-24,29,31,35-36,38H,7-8,13,16,19,21-22H2,1-6H3,(H,45,46)(H,47,51)/t29-,31+,35-,36-,38-/m0/s1. The first kappa shape index (κ1) is 35.8. The minimum Gasteiger partial charge on any atom is -0.453 e. The Morgan fingerprint density at radius 3 is 2.46 bits per heavy atom. The van der Waals surface area contributed by atoms with Gasteiger partial charge in [0.2, 0.25) is 5.91 Å². The molecule has 11 heteroatoms. The number of aliphatic imine (C=N–C) groups is 1. The van der Waals surface area contributed by atoms with Crippen LogP contribution in [0.4, 0.5) is 9.59 Å². The SMILES string of the molecule is COC(=O)N[C@H](C(=O)N1CCC[C@H]1C1=NC=C(c2ccc(-c3ccc4c(ccc5[nH]c([C@@H]6[C@H]7CC[C@H](C7)N6C(=O)OC(C)(C)C)nc54)c3)cc2)C1)C(C)C. The molecule has 5 atom stereocenters. The zero-order chi connectivity index (χ0) is 37.9. The number of hydrogen-bond donors (Lipinski definition) is 2. The van der Waals surface area contributed by atoms with E-state index < -0.39 is 17.7 Å². The average molecular weight is 731 g/mol. The van der Waals surface area contributed by atoms with Crippen molar-refractivity contribution in [2.75, 3.05) is 13.7 Å². The van der Waals surface area contributed by atoms with E-state index >= 15 is 0 Å². The number of likely N-dealkylation sites (tertiary alicyclic amines) is 2. The fourth-order valence-corrected chi connectivity index (χ4v) is 9.02. The lowest BCUT2D eigenvalue weighted by Gasteiger charge is -2.35. The Hall–Kier alpha value is -5.19. The minimum atomic E-state index is -0.651. The zero-order valence-electron chi connectivity index (χ0n) is 32.0. The number of carbonyl (C=O) groups is 3. The molecule has 3 aromatic carbocycles. The molecule has 2 N–H and O–H groups in total. The molecule has 1 aliphatic carbocycles. The number of benzene rings is 3. The van der Waals surface area contributed by atoms with Crippen molar-refractivity contribution in [1.29, 1.82) is 0 Å². The van der Waals surface area contributed by atoms with E-state index in [0.29, 0.717) is 18.9 Å². The van der Waals surface area contributed by atoms with E-state index in [1.807, 2.05) is 50.6 Å². The Balaban J connectivity index is 0.966. The Bertz CT molecular complexity index is 2180. The summed E-state index contributed by atoms with van der Waals surface area (Å²) in [6.07, 6.45) is 6.61. The van der Waals surface area contributed by atoms with Gasteiger partial charge in [-0.05, 0) is 104 Å². The first-order chi connectivity index (χ1) is 25.9. The quantitative estimate of drug-likeness (QED) is 0.197. The monoisotopic (exact) mass is 730 g/mol. The number of nitrogens with one attached hydrogen (secondary N) is 2. The molecule has 282 valence electrons. The third-order valence-corrected chi connectivity index (χ3v) is 11.6. The number of amides is 3. The number of piperidine rings is 1. The van der Waals surface area contributed by atoms with Crippen molar-refractivity contribution in [2.24, 2.45) is 16.8 Å². The van der Waals surface area contributed by atoms with Gasteiger partial charge < -0.3 is 24.7 Å². The van der Waals surface area contributed by atoms with Crippen LogP contribution in [0.3, 0.4) is 0 Å². The summed E-state index contributed by atoms with van der Waals surface area (Å²) in [5.74, 6) is 1.05. The number of hydrogen-bond acceptors (Lipinski definition) is 7. The van der Waals surface area contributed by atoms with Gasteiger partial charge in [-0.25, -0.2) is 14.6 Å². The molecule has 3 fully saturated rings. The van der Waals surface area contributed by atoms with Crippen LogP contribution in [0.25, 0.3) is 38.5 Å². The largest absolute Gasteiger partial charge is 0.453 e. The molecule has 4 heterocycles. The molecule has 0 radical (unpaired) electrons. The first-order valence-electron chi connectivity index (χ1n) is 19.3. The second-order valence-corrected chi connectivity index (χ2v) is 16.7. The van der Waals surface area contributed by atoms with Crippen LogP contribution in [0.2, 0.25) is 0 Å². The van der Waals surface area contributed by atoms with Crippen LogP contribution >= 0.6 is 0 Å². The summed E-state index contributed by atoms with van der Waals surface area (Å²) < 4.78 is 10.6. The lowest BCUT2D eigenvalue weighted by molar-refractivity contribution is -0.134. The lowest BCUT2D eigenvalue weighted by atomic mass is 9.95. The molecular weight excluding hydrogens is 681 g/mol. The maximum Gasteiger partial charge on any atom is 0.411 e. The fourth-order valence-electron chi connectivity index (χ4n) is 9.02. The molecule has 54 heavy (non-hydrogen) atoms. The molecule has 1 saturated carbocycles. The smallest absolute Gasteiger partial charge is 0.411 e. The summed E-state index contributed by atoms with van der Waals surface area (Å²) in [6.45, 7) is 10.2.